The minimum Gasteiger partial charge on any atom is -0.465 e. The molecule has 2 aromatic rings. The van der Waals surface area contributed by atoms with Crippen molar-refractivity contribution in [3.8, 4) is 11.5 Å². The first kappa shape index (κ1) is 35.6. The summed E-state index contributed by atoms with van der Waals surface area (Å²) in [6, 6.07) is 14.0. The van der Waals surface area contributed by atoms with Crippen LogP contribution < -0.4 is 20.1 Å². The quantitative estimate of drug-likeness (QED) is 0.104. The molecule has 0 amide bonds. The van der Waals surface area contributed by atoms with Crippen molar-refractivity contribution in [1.29, 1.82) is 0 Å². The summed E-state index contributed by atoms with van der Waals surface area (Å²) in [5.74, 6) is -0.232. The SMILES string of the molecule is CC(=O)Oc1ccccc1CNC[C@H](O)[C@@H](O)[C@H](O)[C@H](O)CO.CCOC(=O)CNCc1ccccc1OC(C)=O. The number of aliphatic hydroxyl groups is 5. The lowest BCUT2D eigenvalue weighted by Crippen LogP contribution is -2.48. The first-order chi connectivity index (χ1) is 19.5. The second-order valence-corrected chi connectivity index (χ2v) is 8.74. The van der Waals surface area contributed by atoms with Crippen LogP contribution in [0.15, 0.2) is 48.5 Å². The predicted molar refractivity (Wildman–Crippen MR) is 147 cm³/mol. The van der Waals surface area contributed by atoms with Gasteiger partial charge >= 0.3 is 17.9 Å². The molecule has 0 aliphatic rings. The molecule has 0 aliphatic heterocycles. The van der Waals surface area contributed by atoms with Gasteiger partial charge in [-0.1, -0.05) is 36.4 Å². The lowest BCUT2D eigenvalue weighted by Gasteiger charge is -2.25. The molecule has 2 aromatic carbocycles. The molecule has 0 fully saturated rings. The van der Waals surface area contributed by atoms with E-state index in [1.54, 1.807) is 43.3 Å². The van der Waals surface area contributed by atoms with E-state index in [9.17, 15) is 34.8 Å². The third-order valence-electron chi connectivity index (χ3n) is 5.34. The maximum atomic E-state index is 11.1. The number of benzene rings is 2. The summed E-state index contributed by atoms with van der Waals surface area (Å²) in [7, 11) is 0. The van der Waals surface area contributed by atoms with Crippen LogP contribution in [0, 0.1) is 0 Å². The highest BCUT2D eigenvalue weighted by atomic mass is 16.5. The zero-order valence-corrected chi connectivity index (χ0v) is 23.4. The zero-order valence-electron chi connectivity index (χ0n) is 23.4. The standard InChI is InChI=1S/C15H23NO7.C13H17NO4/c1-9(18)23-13-5-3-2-4-10(13)6-16-7-11(19)14(21)15(22)12(20)8-17;1-3-17-13(16)9-14-8-11-6-4-5-7-12(11)18-10(2)15/h2-5,11-12,14-17,19-22H,6-8H2,1H3;4-7,14H,3,8-9H2,1-2H3/t11-,12+,14+,15+;/m0./s1. The van der Waals surface area contributed by atoms with E-state index in [-0.39, 0.29) is 31.6 Å². The number of para-hydroxylation sites is 2. The van der Waals surface area contributed by atoms with Crippen LogP contribution in [0.25, 0.3) is 0 Å². The highest BCUT2D eigenvalue weighted by molar-refractivity contribution is 5.72. The molecule has 0 radical (unpaired) electrons. The van der Waals surface area contributed by atoms with Crippen LogP contribution in [0.1, 0.15) is 31.9 Å². The fourth-order valence-corrected chi connectivity index (χ4v) is 3.36. The number of hydrogen-bond donors (Lipinski definition) is 7. The summed E-state index contributed by atoms with van der Waals surface area (Å²) in [5.41, 5.74) is 1.50. The van der Waals surface area contributed by atoms with Gasteiger partial charge in [0.05, 0.1) is 25.9 Å². The van der Waals surface area contributed by atoms with Crippen molar-refractivity contribution >= 4 is 17.9 Å². The van der Waals surface area contributed by atoms with Crippen molar-refractivity contribution in [1.82, 2.24) is 10.6 Å². The molecular weight excluding hydrogens is 540 g/mol. The number of carbonyl (C=O) groups is 3. The van der Waals surface area contributed by atoms with Crippen molar-refractivity contribution in [3.05, 3.63) is 59.7 Å². The second kappa shape index (κ2) is 19.6. The van der Waals surface area contributed by atoms with Gasteiger partial charge in [0.1, 0.15) is 29.8 Å². The van der Waals surface area contributed by atoms with Gasteiger partial charge in [-0.25, -0.2) is 0 Å². The predicted octanol–water partition coefficient (Wildman–Crippen LogP) is -0.598. The Morgan fingerprint density at radius 1 is 0.756 bits per heavy atom. The molecule has 0 saturated carbocycles. The largest absolute Gasteiger partial charge is 0.465 e. The number of aliphatic hydroxyl groups excluding tert-OH is 5. The maximum absolute atomic E-state index is 11.1. The van der Waals surface area contributed by atoms with Crippen LogP contribution in [0.4, 0.5) is 0 Å². The number of rotatable bonds is 15. The number of carbonyl (C=O) groups excluding carboxylic acids is 3. The minimum absolute atomic E-state index is 0.0786. The van der Waals surface area contributed by atoms with Crippen molar-refractivity contribution in [2.45, 2.75) is 58.3 Å². The average molecular weight is 581 g/mol. The molecule has 228 valence electrons. The molecular formula is C28H40N2O11. The number of hydrogen-bond acceptors (Lipinski definition) is 13. The molecule has 2 rings (SSSR count). The van der Waals surface area contributed by atoms with E-state index in [4.69, 9.17) is 19.3 Å². The molecule has 4 atom stereocenters. The Hall–Kier alpha value is -3.43. The van der Waals surface area contributed by atoms with Gasteiger partial charge in [-0.3, -0.25) is 14.4 Å². The molecule has 13 heteroatoms. The third-order valence-corrected chi connectivity index (χ3v) is 5.34. The summed E-state index contributed by atoms with van der Waals surface area (Å²) in [6.45, 7) is 4.77. The van der Waals surface area contributed by atoms with E-state index >= 15 is 0 Å². The van der Waals surface area contributed by atoms with Gasteiger partial charge in [-0.15, -0.1) is 0 Å². The molecule has 0 unspecified atom stereocenters. The molecule has 0 aromatic heterocycles. The van der Waals surface area contributed by atoms with E-state index in [1.165, 1.54) is 13.8 Å². The summed E-state index contributed by atoms with van der Waals surface area (Å²) < 4.78 is 14.9. The average Bonchev–Trinajstić information content (AvgIpc) is 2.93. The lowest BCUT2D eigenvalue weighted by molar-refractivity contribution is -0.142. The van der Waals surface area contributed by atoms with Crippen molar-refractivity contribution in [2.24, 2.45) is 0 Å². The van der Waals surface area contributed by atoms with E-state index in [2.05, 4.69) is 10.6 Å². The van der Waals surface area contributed by atoms with Gasteiger partial charge in [0, 0.05) is 44.6 Å². The summed E-state index contributed by atoms with van der Waals surface area (Å²) >= 11 is 0. The van der Waals surface area contributed by atoms with Gasteiger partial charge in [0.25, 0.3) is 0 Å². The Bertz CT molecular complexity index is 1080. The molecule has 7 N–H and O–H groups in total. The Kier molecular flexibility index (Phi) is 17.0. The van der Waals surface area contributed by atoms with Gasteiger partial charge in [-0.05, 0) is 19.1 Å². The smallest absolute Gasteiger partial charge is 0.319 e. The van der Waals surface area contributed by atoms with E-state index in [1.807, 2.05) is 12.1 Å². The van der Waals surface area contributed by atoms with Gasteiger partial charge in [-0.2, -0.15) is 0 Å². The molecule has 41 heavy (non-hydrogen) atoms. The molecule has 13 nitrogen and oxygen atoms in total. The highest BCUT2D eigenvalue weighted by Crippen LogP contribution is 2.18. The van der Waals surface area contributed by atoms with Crippen molar-refractivity contribution in [2.75, 3.05) is 26.3 Å². The van der Waals surface area contributed by atoms with Gasteiger partial charge in [0.15, 0.2) is 0 Å². The second-order valence-electron chi connectivity index (χ2n) is 8.74. The maximum Gasteiger partial charge on any atom is 0.319 e. The van der Waals surface area contributed by atoms with Gasteiger partial charge < -0.3 is 50.4 Å². The van der Waals surface area contributed by atoms with E-state index in [0.717, 1.165) is 5.56 Å². The molecule has 0 aliphatic carbocycles. The monoisotopic (exact) mass is 580 g/mol. The van der Waals surface area contributed by atoms with Crippen molar-refractivity contribution in [3.63, 3.8) is 0 Å². The number of esters is 3. The third kappa shape index (κ3) is 14.2. The number of nitrogens with one attached hydrogen (secondary N) is 2. The first-order valence-corrected chi connectivity index (χ1v) is 12.9. The fraction of sp³-hybridized carbons (Fsp3) is 0.464. The minimum atomic E-state index is -1.66. The van der Waals surface area contributed by atoms with Crippen LogP contribution in [0.3, 0.4) is 0 Å². The van der Waals surface area contributed by atoms with Crippen LogP contribution in [-0.4, -0.2) is 94.2 Å². The first-order valence-electron chi connectivity index (χ1n) is 12.9. The molecule has 0 heterocycles. The Morgan fingerprint density at radius 2 is 1.22 bits per heavy atom. The number of ether oxygens (including phenoxy) is 3. The molecule has 0 spiro atoms. The molecule has 0 saturated heterocycles. The normalized spacial score (nSPS) is 13.6. The Balaban J connectivity index is 0.000000422. The zero-order chi connectivity index (χ0) is 30.8. The Labute approximate surface area is 238 Å². The van der Waals surface area contributed by atoms with Crippen LogP contribution >= 0.6 is 0 Å². The topological polar surface area (TPSA) is 204 Å². The van der Waals surface area contributed by atoms with Crippen LogP contribution in [0.5, 0.6) is 11.5 Å². The highest BCUT2D eigenvalue weighted by Gasteiger charge is 2.29. The fourth-order valence-electron chi connectivity index (χ4n) is 3.36. The van der Waals surface area contributed by atoms with Gasteiger partial charge in [0.2, 0.25) is 0 Å². The lowest BCUT2D eigenvalue weighted by atomic mass is 10.0. The van der Waals surface area contributed by atoms with E-state index < -0.39 is 37.0 Å². The summed E-state index contributed by atoms with van der Waals surface area (Å²) in [6.07, 6.45) is -6.17. The summed E-state index contributed by atoms with van der Waals surface area (Å²) in [5, 5.41) is 52.7. The van der Waals surface area contributed by atoms with Crippen LogP contribution in [-0.2, 0) is 32.2 Å². The summed E-state index contributed by atoms with van der Waals surface area (Å²) in [4.78, 5) is 33.1. The molecule has 0 bridgehead atoms. The van der Waals surface area contributed by atoms with Crippen molar-refractivity contribution < 1.29 is 54.1 Å². The Morgan fingerprint density at radius 3 is 1.68 bits per heavy atom. The van der Waals surface area contributed by atoms with E-state index in [0.29, 0.717) is 30.2 Å². The van der Waals surface area contributed by atoms with Crippen LogP contribution in [0.2, 0.25) is 0 Å².